The fraction of sp³-hybridized carbons (Fsp3) is 0.417. The van der Waals surface area contributed by atoms with Crippen LogP contribution < -0.4 is 14.8 Å². The second-order valence-corrected chi connectivity index (χ2v) is 4.31. The number of benzene rings is 1. The molecule has 1 amide bonds. The maximum Gasteiger partial charge on any atom is 0.251 e. The Morgan fingerprint density at radius 3 is 2.61 bits per heavy atom. The Morgan fingerprint density at radius 1 is 1.39 bits per heavy atom. The molecule has 1 heterocycles. The molecular weight excluding hydrogens is 258 g/mol. The predicted molar refractivity (Wildman–Crippen MR) is 66.6 cm³/mol. The van der Waals surface area contributed by atoms with Gasteiger partial charge in [0.15, 0.2) is 11.5 Å². The van der Waals surface area contributed by atoms with Crippen LogP contribution in [0.15, 0.2) is 12.1 Å². The first-order valence-corrected chi connectivity index (χ1v) is 5.83. The standard InChI is InChI=1S/C12H14ClNO4/c1-16-10-4-7(3-9(13)11(10)17-2)12(15)14-8-5-18-6-8/h3-4,8H,5-6H2,1-2H3,(H,14,15). The fourth-order valence-electron chi connectivity index (χ4n) is 1.64. The molecular formula is C12H14ClNO4. The van der Waals surface area contributed by atoms with Crippen molar-refractivity contribution >= 4 is 17.5 Å². The van der Waals surface area contributed by atoms with Gasteiger partial charge >= 0.3 is 0 Å². The first-order valence-electron chi connectivity index (χ1n) is 5.46. The molecule has 0 aliphatic carbocycles. The second kappa shape index (κ2) is 5.46. The summed E-state index contributed by atoms with van der Waals surface area (Å²) in [5.41, 5.74) is 0.435. The van der Waals surface area contributed by atoms with Crippen LogP contribution in [0, 0.1) is 0 Å². The fourth-order valence-corrected chi connectivity index (χ4v) is 1.92. The van der Waals surface area contributed by atoms with E-state index in [1.165, 1.54) is 14.2 Å². The first-order chi connectivity index (χ1) is 8.65. The number of hydrogen-bond acceptors (Lipinski definition) is 4. The van der Waals surface area contributed by atoms with Crippen LogP contribution in [-0.2, 0) is 4.74 Å². The van der Waals surface area contributed by atoms with Crippen LogP contribution in [0.25, 0.3) is 0 Å². The minimum atomic E-state index is -0.203. The molecule has 5 nitrogen and oxygen atoms in total. The third-order valence-electron chi connectivity index (χ3n) is 2.67. The van der Waals surface area contributed by atoms with Gasteiger partial charge in [-0.25, -0.2) is 0 Å². The Kier molecular flexibility index (Phi) is 3.93. The van der Waals surface area contributed by atoms with Crippen molar-refractivity contribution in [3.63, 3.8) is 0 Å². The van der Waals surface area contributed by atoms with E-state index in [1.54, 1.807) is 12.1 Å². The minimum absolute atomic E-state index is 0.0735. The summed E-state index contributed by atoms with van der Waals surface area (Å²) < 4.78 is 15.2. The molecule has 1 N–H and O–H groups in total. The van der Waals surface area contributed by atoms with Gasteiger partial charge in [0.25, 0.3) is 5.91 Å². The molecule has 1 aliphatic heterocycles. The third-order valence-corrected chi connectivity index (χ3v) is 2.95. The highest BCUT2D eigenvalue weighted by Crippen LogP contribution is 2.35. The molecule has 6 heteroatoms. The second-order valence-electron chi connectivity index (χ2n) is 3.90. The summed E-state index contributed by atoms with van der Waals surface area (Å²) in [6.45, 7) is 1.10. The Hall–Kier alpha value is -1.46. The SMILES string of the molecule is COc1cc(C(=O)NC2COC2)cc(Cl)c1OC. The summed E-state index contributed by atoms with van der Waals surface area (Å²) in [5, 5.41) is 3.17. The maximum absolute atomic E-state index is 11.9. The van der Waals surface area contributed by atoms with Crippen LogP contribution in [0.5, 0.6) is 11.5 Å². The lowest BCUT2D eigenvalue weighted by Gasteiger charge is -2.26. The minimum Gasteiger partial charge on any atom is -0.493 e. The lowest BCUT2D eigenvalue weighted by Crippen LogP contribution is -2.48. The number of hydrogen-bond donors (Lipinski definition) is 1. The van der Waals surface area contributed by atoms with Crippen LogP contribution in [0.2, 0.25) is 5.02 Å². The lowest BCUT2D eigenvalue weighted by atomic mass is 10.1. The number of rotatable bonds is 4. The Morgan fingerprint density at radius 2 is 2.11 bits per heavy atom. The van der Waals surface area contributed by atoms with E-state index < -0.39 is 0 Å². The molecule has 1 saturated heterocycles. The van der Waals surface area contributed by atoms with Gasteiger partial charge in [-0.15, -0.1) is 0 Å². The van der Waals surface area contributed by atoms with Gasteiger partial charge in [-0.2, -0.15) is 0 Å². The highest BCUT2D eigenvalue weighted by molar-refractivity contribution is 6.32. The predicted octanol–water partition coefficient (Wildman–Crippen LogP) is 1.49. The number of halogens is 1. The zero-order valence-electron chi connectivity index (χ0n) is 10.2. The van der Waals surface area contributed by atoms with Crippen molar-refractivity contribution in [2.75, 3.05) is 27.4 Å². The molecule has 1 aromatic rings. The first kappa shape index (κ1) is 13.0. The van der Waals surface area contributed by atoms with Gasteiger partial charge in [0.05, 0.1) is 38.5 Å². The molecule has 0 radical (unpaired) electrons. The number of carbonyl (C=O) groups excluding carboxylic acids is 1. The summed E-state index contributed by atoms with van der Waals surface area (Å²) in [4.78, 5) is 11.9. The zero-order valence-corrected chi connectivity index (χ0v) is 10.9. The molecule has 1 aromatic carbocycles. The topological polar surface area (TPSA) is 56.8 Å². The number of ether oxygens (including phenoxy) is 3. The smallest absolute Gasteiger partial charge is 0.251 e. The largest absolute Gasteiger partial charge is 0.493 e. The van der Waals surface area contributed by atoms with E-state index in [0.29, 0.717) is 35.3 Å². The molecule has 0 spiro atoms. The summed E-state index contributed by atoms with van der Waals surface area (Å²) in [7, 11) is 2.99. The van der Waals surface area contributed by atoms with Crippen molar-refractivity contribution in [1.82, 2.24) is 5.32 Å². The molecule has 0 aromatic heterocycles. The van der Waals surface area contributed by atoms with Crippen molar-refractivity contribution in [2.45, 2.75) is 6.04 Å². The molecule has 1 fully saturated rings. The molecule has 98 valence electrons. The zero-order chi connectivity index (χ0) is 13.1. The van der Waals surface area contributed by atoms with E-state index in [0.717, 1.165) is 0 Å². The summed E-state index contributed by atoms with van der Waals surface area (Å²) >= 11 is 6.03. The van der Waals surface area contributed by atoms with Gasteiger partial charge in [-0.05, 0) is 12.1 Å². The van der Waals surface area contributed by atoms with Gasteiger partial charge in [0.2, 0.25) is 0 Å². The van der Waals surface area contributed by atoms with Gasteiger partial charge in [0, 0.05) is 5.56 Å². The van der Waals surface area contributed by atoms with E-state index in [-0.39, 0.29) is 11.9 Å². The van der Waals surface area contributed by atoms with Crippen molar-refractivity contribution in [2.24, 2.45) is 0 Å². The molecule has 2 rings (SSSR count). The summed E-state index contributed by atoms with van der Waals surface area (Å²) in [6.07, 6.45) is 0. The number of amides is 1. The van der Waals surface area contributed by atoms with Crippen molar-refractivity contribution in [3.8, 4) is 11.5 Å². The highest BCUT2D eigenvalue weighted by atomic mass is 35.5. The number of nitrogens with one attached hydrogen (secondary N) is 1. The van der Waals surface area contributed by atoms with Crippen molar-refractivity contribution < 1.29 is 19.0 Å². The molecule has 0 unspecified atom stereocenters. The van der Waals surface area contributed by atoms with Crippen LogP contribution >= 0.6 is 11.6 Å². The third kappa shape index (κ3) is 2.52. The maximum atomic E-state index is 11.9. The number of carbonyl (C=O) groups is 1. The van der Waals surface area contributed by atoms with E-state index in [2.05, 4.69) is 5.32 Å². The van der Waals surface area contributed by atoms with Crippen LogP contribution in [0.3, 0.4) is 0 Å². The Bertz CT molecular complexity index is 460. The monoisotopic (exact) mass is 271 g/mol. The van der Waals surface area contributed by atoms with Crippen LogP contribution in [0.1, 0.15) is 10.4 Å². The van der Waals surface area contributed by atoms with Crippen molar-refractivity contribution in [1.29, 1.82) is 0 Å². The Balaban J connectivity index is 2.21. The van der Waals surface area contributed by atoms with E-state index >= 15 is 0 Å². The van der Waals surface area contributed by atoms with Gasteiger partial charge in [-0.3, -0.25) is 4.79 Å². The Labute approximate surface area is 110 Å². The summed E-state index contributed by atoms with van der Waals surface area (Å²) in [6, 6.07) is 3.22. The average molecular weight is 272 g/mol. The van der Waals surface area contributed by atoms with E-state index in [1.807, 2.05) is 0 Å². The molecule has 0 atom stereocenters. The van der Waals surface area contributed by atoms with E-state index in [4.69, 9.17) is 25.8 Å². The average Bonchev–Trinajstić information content (AvgIpc) is 2.32. The number of methoxy groups -OCH3 is 2. The van der Waals surface area contributed by atoms with Gasteiger partial charge in [-0.1, -0.05) is 11.6 Å². The highest BCUT2D eigenvalue weighted by Gasteiger charge is 2.22. The van der Waals surface area contributed by atoms with Gasteiger partial charge < -0.3 is 19.5 Å². The normalized spacial score (nSPS) is 14.8. The molecule has 0 bridgehead atoms. The molecule has 0 saturated carbocycles. The molecule has 1 aliphatic rings. The molecule has 18 heavy (non-hydrogen) atoms. The van der Waals surface area contributed by atoms with Crippen LogP contribution in [0.4, 0.5) is 0 Å². The summed E-state index contributed by atoms with van der Waals surface area (Å²) in [5.74, 6) is 0.647. The quantitative estimate of drug-likeness (QED) is 0.901. The lowest BCUT2D eigenvalue weighted by molar-refractivity contribution is -0.00346. The van der Waals surface area contributed by atoms with E-state index in [9.17, 15) is 4.79 Å². The van der Waals surface area contributed by atoms with Gasteiger partial charge in [0.1, 0.15) is 0 Å². The van der Waals surface area contributed by atoms with Crippen LogP contribution in [-0.4, -0.2) is 39.4 Å². The van der Waals surface area contributed by atoms with Crippen molar-refractivity contribution in [3.05, 3.63) is 22.7 Å².